The summed E-state index contributed by atoms with van der Waals surface area (Å²) in [5.41, 5.74) is 8.48. The highest BCUT2D eigenvalue weighted by Crippen LogP contribution is 2.35. The number of nitrogens with two attached hydrogens (primary N) is 1. The molecule has 0 heterocycles. The third-order valence-corrected chi connectivity index (χ3v) is 3.63. The van der Waals surface area contributed by atoms with Gasteiger partial charge in [0.1, 0.15) is 5.75 Å². The smallest absolute Gasteiger partial charge is 0.305 e. The van der Waals surface area contributed by atoms with Gasteiger partial charge in [0, 0.05) is 19.1 Å². The number of carbonyl (C=O) groups excluding carboxylic acids is 1. The van der Waals surface area contributed by atoms with Crippen LogP contribution in [-0.4, -0.2) is 32.3 Å². The van der Waals surface area contributed by atoms with Gasteiger partial charge in [0.05, 0.1) is 19.8 Å². The number of carbonyl (C=O) groups is 1. The molecule has 0 radical (unpaired) electrons. The van der Waals surface area contributed by atoms with Gasteiger partial charge in [-0.1, -0.05) is 6.07 Å². The predicted molar refractivity (Wildman–Crippen MR) is 79.2 cm³/mol. The highest BCUT2D eigenvalue weighted by Gasteiger charge is 2.31. The molecule has 0 fully saturated rings. The molecular weight excluding hydrogens is 270 g/mol. The van der Waals surface area contributed by atoms with E-state index in [9.17, 15) is 4.79 Å². The number of esters is 1. The van der Waals surface area contributed by atoms with Gasteiger partial charge in [0.25, 0.3) is 0 Å². The van der Waals surface area contributed by atoms with E-state index in [1.807, 2.05) is 19.1 Å². The topological polar surface area (TPSA) is 70.8 Å². The summed E-state index contributed by atoms with van der Waals surface area (Å²) in [6.45, 7) is 3.08. The summed E-state index contributed by atoms with van der Waals surface area (Å²) in [6.07, 6.45) is 1.68. The third kappa shape index (κ3) is 3.95. The number of hydrogen-bond donors (Lipinski definition) is 1. The van der Waals surface area contributed by atoms with Crippen molar-refractivity contribution in [2.45, 2.75) is 38.3 Å². The lowest BCUT2D eigenvalue weighted by molar-refractivity contribution is -0.141. The average Bonchev–Trinajstić information content (AvgIpc) is 2.79. The lowest BCUT2D eigenvalue weighted by atomic mass is 10.1. The molecule has 2 rings (SSSR count). The summed E-state index contributed by atoms with van der Waals surface area (Å²) in [6, 6.07) is 5.98. The van der Waals surface area contributed by atoms with Gasteiger partial charge < -0.3 is 19.9 Å². The summed E-state index contributed by atoms with van der Waals surface area (Å²) in [5.74, 6) is 0.627. The first kappa shape index (κ1) is 15.8. The number of hydrogen-bond acceptors (Lipinski definition) is 5. The normalized spacial score (nSPS) is 20.1. The molecule has 1 aromatic carbocycles. The molecule has 0 bridgehead atoms. The van der Waals surface area contributed by atoms with Crippen LogP contribution >= 0.6 is 0 Å². The van der Waals surface area contributed by atoms with Crippen molar-refractivity contribution in [2.24, 2.45) is 5.73 Å². The maximum Gasteiger partial charge on any atom is 0.305 e. The fourth-order valence-corrected chi connectivity index (χ4v) is 2.61. The van der Waals surface area contributed by atoms with Crippen LogP contribution in [0.1, 0.15) is 37.0 Å². The largest absolute Gasteiger partial charge is 0.494 e. The molecule has 1 aliphatic carbocycles. The molecule has 0 amide bonds. The van der Waals surface area contributed by atoms with Crippen molar-refractivity contribution >= 4 is 5.97 Å². The lowest BCUT2D eigenvalue weighted by Gasteiger charge is -2.18. The van der Waals surface area contributed by atoms with E-state index in [0.717, 1.165) is 17.7 Å². The fraction of sp³-hybridized carbons (Fsp3) is 0.562. The molecule has 1 aliphatic rings. The van der Waals surface area contributed by atoms with E-state index < -0.39 is 0 Å². The fourth-order valence-electron chi connectivity index (χ4n) is 2.61. The Kier molecular flexibility index (Phi) is 5.59. The molecule has 5 nitrogen and oxygen atoms in total. The van der Waals surface area contributed by atoms with Crippen LogP contribution in [0.2, 0.25) is 0 Å². The monoisotopic (exact) mass is 293 g/mol. The van der Waals surface area contributed by atoms with Crippen molar-refractivity contribution in [1.82, 2.24) is 0 Å². The second-order valence-corrected chi connectivity index (χ2v) is 5.13. The first-order chi connectivity index (χ1) is 10.2. The maximum atomic E-state index is 11.1. The van der Waals surface area contributed by atoms with Gasteiger partial charge in [-0.3, -0.25) is 4.79 Å². The minimum absolute atomic E-state index is 0.0463. The first-order valence-corrected chi connectivity index (χ1v) is 7.35. The second-order valence-electron chi connectivity index (χ2n) is 5.13. The Hall–Kier alpha value is -1.59. The van der Waals surface area contributed by atoms with E-state index in [0.29, 0.717) is 26.1 Å². The van der Waals surface area contributed by atoms with Crippen molar-refractivity contribution in [1.29, 1.82) is 0 Å². The zero-order valence-electron chi connectivity index (χ0n) is 12.6. The molecule has 0 aliphatic heterocycles. The minimum atomic E-state index is -0.214. The summed E-state index contributed by atoms with van der Waals surface area (Å²) < 4.78 is 16.0. The first-order valence-electron chi connectivity index (χ1n) is 7.35. The van der Waals surface area contributed by atoms with Crippen LogP contribution in [0.25, 0.3) is 0 Å². The molecule has 0 aromatic heterocycles. The summed E-state index contributed by atoms with van der Waals surface area (Å²) in [5, 5.41) is 0. The van der Waals surface area contributed by atoms with Crippen molar-refractivity contribution in [3.05, 3.63) is 29.3 Å². The molecule has 21 heavy (non-hydrogen) atoms. The van der Waals surface area contributed by atoms with Crippen LogP contribution in [-0.2, 0) is 20.7 Å². The van der Waals surface area contributed by atoms with E-state index in [4.69, 9.17) is 15.2 Å². The third-order valence-electron chi connectivity index (χ3n) is 3.63. The van der Waals surface area contributed by atoms with Gasteiger partial charge in [-0.25, -0.2) is 0 Å². The number of ether oxygens (including phenoxy) is 3. The molecule has 116 valence electrons. The molecule has 2 N–H and O–H groups in total. The van der Waals surface area contributed by atoms with Crippen LogP contribution in [0.4, 0.5) is 0 Å². The van der Waals surface area contributed by atoms with Crippen LogP contribution in [0, 0.1) is 0 Å². The Balaban J connectivity index is 1.95. The van der Waals surface area contributed by atoms with Gasteiger partial charge in [0.2, 0.25) is 0 Å². The van der Waals surface area contributed by atoms with Crippen LogP contribution in [0.3, 0.4) is 0 Å². The van der Waals surface area contributed by atoms with Crippen molar-refractivity contribution < 1.29 is 19.0 Å². The number of rotatable bonds is 7. The van der Waals surface area contributed by atoms with Gasteiger partial charge in [-0.05, 0) is 43.0 Å². The Morgan fingerprint density at radius 2 is 2.24 bits per heavy atom. The standard InChI is InChI=1S/C16H23NO4/c1-3-20-12-7-6-11-9-14(17)16(13(11)10-12)21-8-4-5-15(18)19-2/h6-7,10,14,16H,3-5,8-9,17H2,1-2H3. The zero-order valence-corrected chi connectivity index (χ0v) is 12.6. The molecule has 0 spiro atoms. The number of benzene rings is 1. The Bertz CT molecular complexity index is 489. The summed E-state index contributed by atoms with van der Waals surface area (Å²) >= 11 is 0. The molecule has 2 unspecified atom stereocenters. The Morgan fingerprint density at radius 3 is 2.95 bits per heavy atom. The highest BCUT2D eigenvalue weighted by molar-refractivity contribution is 5.69. The average molecular weight is 293 g/mol. The lowest BCUT2D eigenvalue weighted by Crippen LogP contribution is -2.27. The van der Waals surface area contributed by atoms with E-state index in [2.05, 4.69) is 10.8 Å². The molecule has 0 saturated heterocycles. The Morgan fingerprint density at radius 1 is 1.43 bits per heavy atom. The van der Waals surface area contributed by atoms with Gasteiger partial charge >= 0.3 is 5.97 Å². The van der Waals surface area contributed by atoms with Gasteiger partial charge in [-0.15, -0.1) is 0 Å². The summed E-state index contributed by atoms with van der Waals surface area (Å²) in [4.78, 5) is 11.1. The zero-order chi connectivity index (χ0) is 15.2. The number of fused-ring (bicyclic) bond motifs is 1. The van der Waals surface area contributed by atoms with Crippen molar-refractivity contribution in [2.75, 3.05) is 20.3 Å². The van der Waals surface area contributed by atoms with Gasteiger partial charge in [0.15, 0.2) is 0 Å². The molecule has 1 aromatic rings. The quantitative estimate of drug-likeness (QED) is 0.615. The molecule has 0 saturated carbocycles. The van der Waals surface area contributed by atoms with Crippen LogP contribution in [0.5, 0.6) is 5.75 Å². The van der Waals surface area contributed by atoms with E-state index >= 15 is 0 Å². The van der Waals surface area contributed by atoms with E-state index in [1.165, 1.54) is 12.7 Å². The second kappa shape index (κ2) is 7.43. The SMILES string of the molecule is CCOc1ccc2c(c1)C(OCCCC(=O)OC)C(N)C2. The molecule has 2 atom stereocenters. The maximum absolute atomic E-state index is 11.1. The summed E-state index contributed by atoms with van der Waals surface area (Å²) in [7, 11) is 1.39. The van der Waals surface area contributed by atoms with Crippen LogP contribution in [0.15, 0.2) is 18.2 Å². The van der Waals surface area contributed by atoms with Crippen LogP contribution < -0.4 is 10.5 Å². The Labute approximate surface area is 125 Å². The minimum Gasteiger partial charge on any atom is -0.494 e. The molecule has 5 heteroatoms. The highest BCUT2D eigenvalue weighted by atomic mass is 16.5. The van der Waals surface area contributed by atoms with Crippen molar-refractivity contribution in [3.63, 3.8) is 0 Å². The van der Waals surface area contributed by atoms with Gasteiger partial charge in [-0.2, -0.15) is 0 Å². The number of methoxy groups -OCH3 is 1. The molecular formula is C16H23NO4. The van der Waals surface area contributed by atoms with Crippen molar-refractivity contribution in [3.8, 4) is 5.75 Å². The predicted octanol–water partition coefficient (Wildman–Crippen LogP) is 1.98. The van der Waals surface area contributed by atoms with E-state index in [-0.39, 0.29) is 18.1 Å². The van der Waals surface area contributed by atoms with E-state index in [1.54, 1.807) is 0 Å².